The minimum Gasteiger partial charge on any atom is -0.495 e. The molecule has 1 aliphatic rings. The Morgan fingerprint density at radius 3 is 2.44 bits per heavy atom. The number of methoxy groups -OCH3 is 1. The quantitative estimate of drug-likeness (QED) is 0.587. The molecule has 8 nitrogen and oxygen atoms in total. The summed E-state index contributed by atoms with van der Waals surface area (Å²) in [5.74, 6) is -3.84. The molecule has 1 saturated heterocycles. The Hall–Kier alpha value is -3.05. The van der Waals surface area contributed by atoms with E-state index in [1.807, 2.05) is 12.2 Å². The average Bonchev–Trinajstić information content (AvgIpc) is 2.81. The zero-order chi connectivity index (χ0) is 25.0. The Kier molecular flexibility index (Phi) is 7.88. The van der Waals surface area contributed by atoms with Gasteiger partial charge in [0.15, 0.2) is 6.10 Å². The van der Waals surface area contributed by atoms with Gasteiger partial charge in [0, 0.05) is 12.6 Å². The lowest BCUT2D eigenvalue weighted by atomic mass is 10.1. The van der Waals surface area contributed by atoms with Crippen molar-refractivity contribution in [2.45, 2.75) is 50.2 Å². The molecule has 1 fully saturated rings. The molecule has 0 spiro atoms. The topological polar surface area (TPSA) is 102 Å². The minimum absolute atomic E-state index is 0.0649. The number of para-hydroxylation sites is 1. The van der Waals surface area contributed by atoms with Gasteiger partial charge < -0.3 is 14.8 Å². The number of esters is 1. The molecule has 0 saturated carbocycles. The number of amides is 1. The molecule has 3 rings (SSSR count). The zero-order valence-corrected chi connectivity index (χ0v) is 19.8. The monoisotopic (exact) mass is 496 g/mol. The summed E-state index contributed by atoms with van der Waals surface area (Å²) in [6.07, 6.45) is 0.949. The van der Waals surface area contributed by atoms with Crippen LogP contribution in [0.2, 0.25) is 0 Å². The maximum atomic E-state index is 13.8. The summed E-state index contributed by atoms with van der Waals surface area (Å²) in [7, 11) is -2.65. The second-order valence-electron chi connectivity index (χ2n) is 7.96. The SMILES string of the molecule is COc1ccc(C(=O)OC(C)C(=O)Nc2c(F)cccc2F)cc1S(=O)(=O)N1CCCCC1C. The third kappa shape index (κ3) is 5.36. The lowest BCUT2D eigenvalue weighted by molar-refractivity contribution is -0.123. The lowest BCUT2D eigenvalue weighted by Crippen LogP contribution is -2.42. The van der Waals surface area contributed by atoms with Gasteiger partial charge in [-0.2, -0.15) is 4.31 Å². The van der Waals surface area contributed by atoms with Crippen molar-refractivity contribution in [3.8, 4) is 5.75 Å². The lowest BCUT2D eigenvalue weighted by Gasteiger charge is -2.32. The first-order valence-electron chi connectivity index (χ1n) is 10.7. The van der Waals surface area contributed by atoms with Gasteiger partial charge in [-0.1, -0.05) is 12.5 Å². The van der Waals surface area contributed by atoms with Gasteiger partial charge >= 0.3 is 5.97 Å². The third-order valence-electron chi connectivity index (χ3n) is 5.59. The summed E-state index contributed by atoms with van der Waals surface area (Å²) in [5.41, 5.74) is -0.787. The van der Waals surface area contributed by atoms with Crippen LogP contribution in [0, 0.1) is 11.6 Å². The van der Waals surface area contributed by atoms with Crippen LogP contribution < -0.4 is 10.1 Å². The highest BCUT2D eigenvalue weighted by Gasteiger charge is 2.34. The number of piperidine rings is 1. The van der Waals surface area contributed by atoms with Gasteiger partial charge in [-0.25, -0.2) is 22.0 Å². The van der Waals surface area contributed by atoms with Crippen molar-refractivity contribution in [3.63, 3.8) is 0 Å². The van der Waals surface area contributed by atoms with Crippen LogP contribution in [0.25, 0.3) is 0 Å². The van der Waals surface area contributed by atoms with E-state index in [-0.39, 0.29) is 22.3 Å². The number of ether oxygens (including phenoxy) is 2. The number of anilines is 1. The van der Waals surface area contributed by atoms with E-state index in [1.165, 1.54) is 30.5 Å². The maximum Gasteiger partial charge on any atom is 0.338 e. The average molecular weight is 497 g/mol. The summed E-state index contributed by atoms with van der Waals surface area (Å²) >= 11 is 0. The fraction of sp³-hybridized carbons (Fsp3) is 0.391. The Morgan fingerprint density at radius 1 is 1.15 bits per heavy atom. The molecule has 1 aliphatic heterocycles. The number of sulfonamides is 1. The van der Waals surface area contributed by atoms with E-state index in [0.29, 0.717) is 6.54 Å². The molecule has 0 radical (unpaired) electrons. The van der Waals surface area contributed by atoms with Crippen LogP contribution in [0.1, 0.15) is 43.5 Å². The molecule has 0 aromatic heterocycles. The van der Waals surface area contributed by atoms with Crippen LogP contribution in [0.15, 0.2) is 41.3 Å². The van der Waals surface area contributed by atoms with Crippen LogP contribution in [-0.4, -0.2) is 50.4 Å². The van der Waals surface area contributed by atoms with Gasteiger partial charge in [-0.05, 0) is 57.0 Å². The Balaban J connectivity index is 1.80. The molecule has 11 heteroatoms. The largest absolute Gasteiger partial charge is 0.495 e. The van der Waals surface area contributed by atoms with Crippen molar-refractivity contribution in [2.24, 2.45) is 0 Å². The number of rotatable bonds is 7. The standard InChI is InChI=1S/C23H26F2N2O6S/c1-14-7-4-5-12-27(14)34(30,31)20-13-16(10-11-19(20)32-3)23(29)33-15(2)22(28)26-21-17(24)8-6-9-18(21)25/h6,8-11,13-15H,4-5,7,12H2,1-3H3,(H,26,28). The second kappa shape index (κ2) is 10.5. The van der Waals surface area contributed by atoms with E-state index in [2.05, 4.69) is 0 Å². The molecule has 2 aromatic rings. The molecule has 1 heterocycles. The summed E-state index contributed by atoms with van der Waals surface area (Å²) < 4.78 is 65.9. The number of nitrogens with one attached hydrogen (secondary N) is 1. The number of carbonyl (C=O) groups is 2. The third-order valence-corrected chi connectivity index (χ3v) is 7.63. The highest BCUT2D eigenvalue weighted by atomic mass is 32.2. The van der Waals surface area contributed by atoms with Gasteiger partial charge in [0.25, 0.3) is 5.91 Å². The van der Waals surface area contributed by atoms with Gasteiger partial charge in [0.1, 0.15) is 28.0 Å². The Bertz CT molecular complexity index is 1170. The number of benzene rings is 2. The molecule has 1 N–H and O–H groups in total. The molecule has 34 heavy (non-hydrogen) atoms. The summed E-state index contributed by atoms with van der Waals surface area (Å²) in [6, 6.07) is 6.65. The van der Waals surface area contributed by atoms with Crippen molar-refractivity contribution in [1.29, 1.82) is 0 Å². The molecule has 0 bridgehead atoms. The normalized spacial score (nSPS) is 17.6. The minimum atomic E-state index is -3.97. The Morgan fingerprint density at radius 2 is 1.82 bits per heavy atom. The number of hydrogen-bond acceptors (Lipinski definition) is 6. The van der Waals surface area contributed by atoms with E-state index in [4.69, 9.17) is 9.47 Å². The maximum absolute atomic E-state index is 13.8. The fourth-order valence-electron chi connectivity index (χ4n) is 3.68. The highest BCUT2D eigenvalue weighted by molar-refractivity contribution is 7.89. The van der Waals surface area contributed by atoms with Crippen LogP contribution >= 0.6 is 0 Å². The van der Waals surface area contributed by atoms with Crippen LogP contribution in [0.5, 0.6) is 5.75 Å². The predicted molar refractivity (Wildman–Crippen MR) is 120 cm³/mol. The zero-order valence-electron chi connectivity index (χ0n) is 19.0. The summed E-state index contributed by atoms with van der Waals surface area (Å²) in [5, 5.41) is 2.05. The van der Waals surface area contributed by atoms with Gasteiger partial charge in [0.05, 0.1) is 12.7 Å². The van der Waals surface area contributed by atoms with Crippen molar-refractivity contribution >= 4 is 27.6 Å². The van der Waals surface area contributed by atoms with Gasteiger partial charge in [0.2, 0.25) is 10.0 Å². The predicted octanol–water partition coefficient (Wildman–Crippen LogP) is 3.72. The van der Waals surface area contributed by atoms with E-state index < -0.39 is 45.3 Å². The van der Waals surface area contributed by atoms with Crippen LogP contribution in [-0.2, 0) is 19.6 Å². The van der Waals surface area contributed by atoms with Gasteiger partial charge in [-0.3, -0.25) is 4.79 Å². The molecule has 184 valence electrons. The van der Waals surface area contributed by atoms with Crippen molar-refractivity contribution in [3.05, 3.63) is 53.6 Å². The van der Waals surface area contributed by atoms with E-state index in [9.17, 15) is 26.8 Å². The first kappa shape index (κ1) is 25.6. The van der Waals surface area contributed by atoms with Gasteiger partial charge in [-0.15, -0.1) is 0 Å². The molecular weight excluding hydrogens is 470 g/mol. The first-order valence-corrected chi connectivity index (χ1v) is 12.2. The fourth-order valence-corrected chi connectivity index (χ4v) is 5.57. The van der Waals surface area contributed by atoms with E-state index in [0.717, 1.165) is 43.5 Å². The highest BCUT2D eigenvalue weighted by Crippen LogP contribution is 2.32. The van der Waals surface area contributed by atoms with Crippen molar-refractivity contribution in [2.75, 3.05) is 19.0 Å². The summed E-state index contributed by atoms with van der Waals surface area (Å²) in [4.78, 5) is 24.8. The molecular formula is C23H26F2N2O6S. The van der Waals surface area contributed by atoms with E-state index >= 15 is 0 Å². The van der Waals surface area contributed by atoms with Crippen molar-refractivity contribution in [1.82, 2.24) is 4.31 Å². The van der Waals surface area contributed by atoms with Crippen LogP contribution in [0.3, 0.4) is 0 Å². The molecule has 2 aromatic carbocycles. The van der Waals surface area contributed by atoms with Crippen LogP contribution in [0.4, 0.5) is 14.5 Å². The second-order valence-corrected chi connectivity index (χ2v) is 9.82. The van der Waals surface area contributed by atoms with E-state index in [1.54, 1.807) is 0 Å². The number of nitrogens with zero attached hydrogens (tertiary/aromatic N) is 1. The first-order chi connectivity index (χ1) is 16.1. The molecule has 1 amide bonds. The number of carbonyl (C=O) groups excluding carboxylic acids is 2. The summed E-state index contributed by atoms with van der Waals surface area (Å²) in [6.45, 7) is 3.40. The molecule has 2 unspecified atom stereocenters. The Labute approximate surface area is 196 Å². The number of hydrogen-bond donors (Lipinski definition) is 1. The molecule has 0 aliphatic carbocycles. The smallest absolute Gasteiger partial charge is 0.338 e. The number of halogens is 2. The molecule has 2 atom stereocenters. The van der Waals surface area contributed by atoms with Crippen molar-refractivity contribution < 1.29 is 36.3 Å².